The summed E-state index contributed by atoms with van der Waals surface area (Å²) in [6.45, 7) is 4.55. The average molecular weight is 487 g/mol. The third-order valence-electron chi connectivity index (χ3n) is 5.62. The summed E-state index contributed by atoms with van der Waals surface area (Å²) in [5.74, 6) is 2.43. The van der Waals surface area contributed by atoms with Crippen LogP contribution in [0, 0.1) is 6.92 Å². The lowest BCUT2D eigenvalue weighted by Crippen LogP contribution is -2.18. The first-order valence-corrected chi connectivity index (χ1v) is 12.4. The third kappa shape index (κ3) is 4.88. The van der Waals surface area contributed by atoms with Crippen molar-refractivity contribution in [3.05, 3.63) is 83.4 Å². The molecule has 4 aromatic rings. The lowest BCUT2D eigenvalue weighted by Gasteiger charge is -2.22. The molecule has 0 saturated heterocycles. The molecule has 3 aromatic carbocycles. The fourth-order valence-electron chi connectivity index (χ4n) is 3.91. The van der Waals surface area contributed by atoms with Crippen LogP contribution in [-0.4, -0.2) is 28.9 Å². The predicted octanol–water partition coefficient (Wildman–Crippen LogP) is 6.05. The average Bonchev–Trinajstić information content (AvgIpc) is 3.05. The first-order chi connectivity index (χ1) is 17.2. The maximum atomic E-state index is 6.44. The van der Waals surface area contributed by atoms with E-state index in [1.165, 1.54) is 22.9 Å². The molecule has 0 fully saturated rings. The molecule has 1 atom stereocenters. The molecule has 0 spiro atoms. The van der Waals surface area contributed by atoms with Gasteiger partial charge in [0.05, 0.1) is 19.3 Å². The van der Waals surface area contributed by atoms with Crippen LogP contribution in [-0.2, 0) is 5.75 Å². The Bertz CT molecular complexity index is 1330. The van der Waals surface area contributed by atoms with Gasteiger partial charge in [-0.25, -0.2) is 0 Å². The minimum absolute atomic E-state index is 0.415. The van der Waals surface area contributed by atoms with E-state index in [0.29, 0.717) is 34.8 Å². The van der Waals surface area contributed by atoms with Gasteiger partial charge in [0.1, 0.15) is 0 Å². The van der Waals surface area contributed by atoms with Gasteiger partial charge in [0, 0.05) is 17.0 Å². The number of aromatic nitrogens is 3. The molecule has 1 aromatic heterocycles. The number of aryl methyl sites for hydroxylation is 1. The summed E-state index contributed by atoms with van der Waals surface area (Å²) < 4.78 is 17.9. The van der Waals surface area contributed by atoms with Crippen molar-refractivity contribution >= 4 is 17.4 Å². The number of benzene rings is 3. The van der Waals surface area contributed by atoms with E-state index in [1.807, 2.05) is 49.4 Å². The molecule has 0 amide bonds. The van der Waals surface area contributed by atoms with Gasteiger partial charge in [-0.3, -0.25) is 0 Å². The van der Waals surface area contributed by atoms with Crippen molar-refractivity contribution in [3.8, 4) is 28.6 Å². The maximum absolute atomic E-state index is 6.44. The molecule has 178 valence electrons. The van der Waals surface area contributed by atoms with E-state index in [0.717, 1.165) is 22.6 Å². The molecule has 5 rings (SSSR count). The zero-order valence-electron chi connectivity index (χ0n) is 19.8. The van der Waals surface area contributed by atoms with Gasteiger partial charge >= 0.3 is 0 Å². The highest BCUT2D eigenvalue weighted by Gasteiger charge is 2.29. The lowest BCUT2D eigenvalue weighted by molar-refractivity contribution is 0.217. The fourth-order valence-corrected chi connectivity index (χ4v) is 4.64. The monoisotopic (exact) mass is 486 g/mol. The Morgan fingerprint density at radius 3 is 2.63 bits per heavy atom. The second-order valence-corrected chi connectivity index (χ2v) is 8.96. The highest BCUT2D eigenvalue weighted by Crippen LogP contribution is 2.43. The standard InChI is InChI=1S/C27H26N4O3S/c1-4-33-22-11-7-9-20(24(22)32-3)25-28-21-10-6-5-8-19(21)23-26(34-25)29-27(31-30-23)35-16-18-14-12-17(2)13-15-18/h5-15,25,28H,4,16H2,1-3H3/t25-/m1/s1. The number of methoxy groups -OCH3 is 1. The Labute approximate surface area is 208 Å². The van der Waals surface area contributed by atoms with Crippen molar-refractivity contribution < 1.29 is 14.2 Å². The molecular weight excluding hydrogens is 460 g/mol. The Balaban J connectivity index is 1.51. The van der Waals surface area contributed by atoms with Crippen LogP contribution in [0.1, 0.15) is 29.8 Å². The summed E-state index contributed by atoms with van der Waals surface area (Å²) in [6, 6.07) is 22.1. The first kappa shape index (κ1) is 23.0. The van der Waals surface area contributed by atoms with E-state index < -0.39 is 6.23 Å². The third-order valence-corrected chi connectivity index (χ3v) is 6.53. The molecule has 0 bridgehead atoms. The van der Waals surface area contributed by atoms with E-state index in [-0.39, 0.29) is 0 Å². The zero-order chi connectivity index (χ0) is 24.2. The summed E-state index contributed by atoms with van der Waals surface area (Å²) in [4.78, 5) is 4.75. The number of nitrogens with one attached hydrogen (secondary N) is 1. The van der Waals surface area contributed by atoms with Crippen LogP contribution in [0.4, 0.5) is 5.69 Å². The second kappa shape index (κ2) is 10.2. The Hall–Kier alpha value is -3.78. The molecule has 0 radical (unpaired) electrons. The number of nitrogens with zero attached hydrogens (tertiary/aromatic N) is 3. The minimum Gasteiger partial charge on any atom is -0.492 e. The van der Waals surface area contributed by atoms with Crippen LogP contribution in [0.2, 0.25) is 0 Å². The van der Waals surface area contributed by atoms with E-state index in [9.17, 15) is 0 Å². The maximum Gasteiger partial charge on any atom is 0.247 e. The smallest absolute Gasteiger partial charge is 0.247 e. The van der Waals surface area contributed by atoms with Crippen LogP contribution in [0.5, 0.6) is 17.4 Å². The van der Waals surface area contributed by atoms with E-state index in [1.54, 1.807) is 7.11 Å². The van der Waals surface area contributed by atoms with Crippen molar-refractivity contribution in [2.24, 2.45) is 0 Å². The Morgan fingerprint density at radius 1 is 1.00 bits per heavy atom. The highest BCUT2D eigenvalue weighted by molar-refractivity contribution is 7.98. The molecule has 1 N–H and O–H groups in total. The first-order valence-electron chi connectivity index (χ1n) is 11.4. The molecule has 1 aliphatic heterocycles. The van der Waals surface area contributed by atoms with Gasteiger partial charge in [0.2, 0.25) is 17.3 Å². The van der Waals surface area contributed by atoms with Gasteiger partial charge in [-0.2, -0.15) is 4.98 Å². The van der Waals surface area contributed by atoms with Gasteiger partial charge in [0.15, 0.2) is 17.2 Å². The van der Waals surface area contributed by atoms with Crippen LogP contribution in [0.15, 0.2) is 71.9 Å². The number of fused-ring (bicyclic) bond motifs is 3. The molecular formula is C27H26N4O3S. The predicted molar refractivity (Wildman–Crippen MR) is 137 cm³/mol. The summed E-state index contributed by atoms with van der Waals surface area (Å²) in [5.41, 5.74) is 5.57. The van der Waals surface area contributed by atoms with E-state index in [4.69, 9.17) is 19.2 Å². The summed E-state index contributed by atoms with van der Waals surface area (Å²) in [5, 5.41) is 12.9. The van der Waals surface area contributed by atoms with E-state index >= 15 is 0 Å². The zero-order valence-corrected chi connectivity index (χ0v) is 20.6. The summed E-state index contributed by atoms with van der Waals surface area (Å²) >= 11 is 1.52. The SMILES string of the molecule is CCOc1cccc([C@@H]2Nc3ccccc3-c3nnc(SCc4ccc(C)cc4)nc3O2)c1OC. The van der Waals surface area contributed by atoms with Crippen LogP contribution < -0.4 is 19.5 Å². The second-order valence-electron chi connectivity index (χ2n) is 8.02. The van der Waals surface area contributed by atoms with Crippen molar-refractivity contribution in [2.45, 2.75) is 31.0 Å². The molecule has 0 saturated carbocycles. The largest absolute Gasteiger partial charge is 0.492 e. The number of hydrogen-bond donors (Lipinski definition) is 1. The molecule has 0 aliphatic carbocycles. The Morgan fingerprint density at radius 2 is 1.83 bits per heavy atom. The number of hydrogen-bond acceptors (Lipinski definition) is 8. The summed E-state index contributed by atoms with van der Waals surface area (Å²) in [7, 11) is 1.63. The van der Waals surface area contributed by atoms with Crippen LogP contribution in [0.25, 0.3) is 11.3 Å². The van der Waals surface area contributed by atoms with Gasteiger partial charge < -0.3 is 19.5 Å². The van der Waals surface area contributed by atoms with Gasteiger partial charge in [-0.05, 0) is 37.6 Å². The molecule has 0 unspecified atom stereocenters. The van der Waals surface area contributed by atoms with Crippen molar-refractivity contribution in [1.29, 1.82) is 0 Å². The van der Waals surface area contributed by atoms with Crippen molar-refractivity contribution in [1.82, 2.24) is 15.2 Å². The number of thioether (sulfide) groups is 1. The number of para-hydroxylation sites is 2. The topological polar surface area (TPSA) is 78.4 Å². The molecule has 8 heteroatoms. The normalized spacial score (nSPS) is 14.1. The molecule has 1 aliphatic rings. The van der Waals surface area contributed by atoms with E-state index in [2.05, 4.69) is 46.7 Å². The van der Waals surface area contributed by atoms with Gasteiger partial charge in [-0.15, -0.1) is 10.2 Å². The molecule has 35 heavy (non-hydrogen) atoms. The lowest BCUT2D eigenvalue weighted by atomic mass is 10.1. The number of rotatable bonds is 7. The fraction of sp³-hybridized carbons (Fsp3) is 0.222. The number of anilines is 1. The highest BCUT2D eigenvalue weighted by atomic mass is 32.2. The summed E-state index contributed by atoms with van der Waals surface area (Å²) in [6.07, 6.45) is -0.570. The molecule has 7 nitrogen and oxygen atoms in total. The molecule has 2 heterocycles. The minimum atomic E-state index is -0.570. The van der Waals surface area contributed by atoms with Gasteiger partial charge in [-0.1, -0.05) is 65.9 Å². The quantitative estimate of drug-likeness (QED) is 0.316. The van der Waals surface area contributed by atoms with Crippen LogP contribution in [0.3, 0.4) is 0 Å². The van der Waals surface area contributed by atoms with Crippen LogP contribution >= 0.6 is 11.8 Å². The van der Waals surface area contributed by atoms with Gasteiger partial charge in [0.25, 0.3) is 0 Å². The van der Waals surface area contributed by atoms with Crippen molar-refractivity contribution in [3.63, 3.8) is 0 Å². The Kier molecular flexibility index (Phi) is 6.72. The number of ether oxygens (including phenoxy) is 3. The van der Waals surface area contributed by atoms with Crippen molar-refractivity contribution in [2.75, 3.05) is 19.0 Å².